The number of hydrogen-bond acceptors (Lipinski definition) is 1. The Morgan fingerprint density at radius 3 is 2.25 bits per heavy atom. The van der Waals surface area contributed by atoms with E-state index in [2.05, 4.69) is 60.4 Å². The summed E-state index contributed by atoms with van der Waals surface area (Å²) >= 11 is 0. The van der Waals surface area contributed by atoms with Gasteiger partial charge < -0.3 is 4.98 Å². The van der Waals surface area contributed by atoms with Crippen LogP contribution in [-0.4, -0.2) is 10.9 Å². The minimum absolute atomic E-state index is 0.0388. The molecule has 0 fully saturated rings. The molecule has 4 aromatic carbocycles. The first-order chi connectivity index (χ1) is 15.7. The largest absolute Gasteiger partial charge is 0.354 e. The van der Waals surface area contributed by atoms with Gasteiger partial charge in [0.2, 0.25) is 0 Å². The molecule has 0 aliphatic carbocycles. The Balaban J connectivity index is 1.67. The monoisotopic (exact) mass is 414 g/mol. The predicted molar refractivity (Wildman–Crippen MR) is 130 cm³/mol. The first-order valence-electron chi connectivity index (χ1n) is 10.9. The van der Waals surface area contributed by atoms with Crippen LogP contribution < -0.4 is 4.90 Å². The molecule has 0 saturated heterocycles. The first-order valence-corrected chi connectivity index (χ1v) is 10.9. The van der Waals surface area contributed by atoms with Crippen molar-refractivity contribution in [3.05, 3.63) is 125 Å². The number of amides is 1. The molecule has 1 aliphatic rings. The molecule has 154 valence electrons. The first kappa shape index (κ1) is 18.6. The molecule has 0 unspecified atom stereocenters. The van der Waals surface area contributed by atoms with Gasteiger partial charge in [-0.1, -0.05) is 84.4 Å². The van der Waals surface area contributed by atoms with Gasteiger partial charge in [-0.05, 0) is 42.3 Å². The van der Waals surface area contributed by atoms with E-state index in [-0.39, 0.29) is 11.9 Å². The molecule has 1 amide bonds. The van der Waals surface area contributed by atoms with Gasteiger partial charge in [0.05, 0.1) is 11.7 Å². The molecular weight excluding hydrogens is 392 g/mol. The topological polar surface area (TPSA) is 36.1 Å². The third-order valence-electron chi connectivity index (χ3n) is 6.36. The maximum Gasteiger partial charge on any atom is 0.259 e. The Bertz CT molecular complexity index is 1450. The lowest BCUT2D eigenvalue weighted by molar-refractivity contribution is 0.0993. The Morgan fingerprint density at radius 1 is 0.750 bits per heavy atom. The summed E-state index contributed by atoms with van der Waals surface area (Å²) in [6.45, 7) is 2.10. The normalized spacial score (nSPS) is 15.3. The van der Waals surface area contributed by atoms with Gasteiger partial charge >= 0.3 is 0 Å². The number of aromatic nitrogens is 1. The van der Waals surface area contributed by atoms with Gasteiger partial charge in [-0.15, -0.1) is 0 Å². The maximum absolute atomic E-state index is 13.6. The molecule has 3 heteroatoms. The molecule has 32 heavy (non-hydrogen) atoms. The van der Waals surface area contributed by atoms with Crippen LogP contribution >= 0.6 is 0 Å². The highest BCUT2D eigenvalue weighted by molar-refractivity contribution is 6.13. The molecule has 2 heterocycles. The Morgan fingerprint density at radius 2 is 1.44 bits per heavy atom. The van der Waals surface area contributed by atoms with E-state index in [0.717, 1.165) is 44.5 Å². The summed E-state index contributed by atoms with van der Waals surface area (Å²) in [6.07, 6.45) is 0. The maximum atomic E-state index is 13.6. The van der Waals surface area contributed by atoms with Gasteiger partial charge in [0.15, 0.2) is 0 Å². The summed E-state index contributed by atoms with van der Waals surface area (Å²) in [5, 5.41) is 1.14. The quantitative estimate of drug-likeness (QED) is 0.343. The van der Waals surface area contributed by atoms with E-state index in [0.29, 0.717) is 0 Å². The number of rotatable bonds is 3. The van der Waals surface area contributed by atoms with E-state index in [1.54, 1.807) is 0 Å². The standard InChI is InChI=1S/C29H22N2O/c1-19-15-17-20(18-16-19)27-26(24-13-7-8-14-25(24)30-27)28-22-11-5-6-12-23(22)29(32)31(28)21-9-3-2-4-10-21/h2-18,28,30H,1H3/t28-/m1/s1. The number of para-hydroxylation sites is 2. The fourth-order valence-electron chi connectivity index (χ4n) is 4.85. The second-order valence-electron chi connectivity index (χ2n) is 8.33. The van der Waals surface area contributed by atoms with E-state index >= 15 is 0 Å². The molecule has 1 aliphatic heterocycles. The third kappa shape index (κ3) is 2.78. The molecule has 0 radical (unpaired) electrons. The van der Waals surface area contributed by atoms with Crippen LogP contribution in [-0.2, 0) is 0 Å². The minimum atomic E-state index is -0.214. The Labute approximate surface area is 187 Å². The lowest BCUT2D eigenvalue weighted by Gasteiger charge is -2.27. The number of hydrogen-bond donors (Lipinski definition) is 1. The van der Waals surface area contributed by atoms with Gasteiger partial charge in [0.25, 0.3) is 5.91 Å². The van der Waals surface area contributed by atoms with E-state index in [1.165, 1.54) is 5.56 Å². The van der Waals surface area contributed by atoms with Crippen molar-refractivity contribution in [3.63, 3.8) is 0 Å². The highest BCUT2D eigenvalue weighted by atomic mass is 16.2. The van der Waals surface area contributed by atoms with Crippen molar-refractivity contribution in [2.75, 3.05) is 4.90 Å². The number of carbonyl (C=O) groups excluding carboxylic acids is 1. The highest BCUT2D eigenvalue weighted by Gasteiger charge is 2.40. The number of aromatic amines is 1. The number of aryl methyl sites for hydroxylation is 1. The second kappa shape index (κ2) is 7.24. The molecule has 1 aromatic heterocycles. The van der Waals surface area contributed by atoms with Crippen LogP contribution in [0.3, 0.4) is 0 Å². The van der Waals surface area contributed by atoms with Gasteiger partial charge in [-0.3, -0.25) is 9.69 Å². The zero-order valence-electron chi connectivity index (χ0n) is 17.7. The predicted octanol–water partition coefficient (Wildman–Crippen LogP) is 6.89. The summed E-state index contributed by atoms with van der Waals surface area (Å²) in [7, 11) is 0. The van der Waals surface area contributed by atoms with Crippen molar-refractivity contribution in [3.8, 4) is 11.3 Å². The number of nitrogens with one attached hydrogen (secondary N) is 1. The molecule has 6 rings (SSSR count). The Kier molecular flexibility index (Phi) is 4.22. The van der Waals surface area contributed by atoms with Gasteiger partial charge in [-0.2, -0.15) is 0 Å². The van der Waals surface area contributed by atoms with Gasteiger partial charge in [0.1, 0.15) is 0 Å². The van der Waals surface area contributed by atoms with Crippen LogP contribution in [0, 0.1) is 6.92 Å². The van der Waals surface area contributed by atoms with Crippen molar-refractivity contribution in [2.45, 2.75) is 13.0 Å². The van der Waals surface area contributed by atoms with Crippen molar-refractivity contribution in [1.29, 1.82) is 0 Å². The zero-order chi connectivity index (χ0) is 21.7. The second-order valence-corrected chi connectivity index (χ2v) is 8.33. The summed E-state index contributed by atoms with van der Waals surface area (Å²) in [5.74, 6) is 0.0388. The molecule has 0 saturated carbocycles. The number of fused-ring (bicyclic) bond motifs is 2. The number of nitrogens with zero attached hydrogens (tertiary/aromatic N) is 1. The van der Waals surface area contributed by atoms with E-state index in [9.17, 15) is 4.79 Å². The van der Waals surface area contributed by atoms with Crippen LogP contribution in [0.5, 0.6) is 0 Å². The van der Waals surface area contributed by atoms with Crippen molar-refractivity contribution >= 4 is 22.5 Å². The van der Waals surface area contributed by atoms with Crippen LogP contribution in [0.1, 0.15) is 33.1 Å². The number of anilines is 1. The number of H-pyrrole nitrogens is 1. The summed E-state index contributed by atoms with van der Waals surface area (Å²) in [4.78, 5) is 19.2. The minimum Gasteiger partial charge on any atom is -0.354 e. The third-order valence-corrected chi connectivity index (χ3v) is 6.36. The average Bonchev–Trinajstić information content (AvgIpc) is 3.35. The number of carbonyl (C=O) groups is 1. The lowest BCUT2D eigenvalue weighted by atomic mass is 9.93. The van der Waals surface area contributed by atoms with Gasteiger partial charge in [0, 0.05) is 27.7 Å². The smallest absolute Gasteiger partial charge is 0.259 e. The van der Waals surface area contributed by atoms with Crippen molar-refractivity contribution in [1.82, 2.24) is 4.98 Å². The van der Waals surface area contributed by atoms with Crippen LogP contribution in [0.4, 0.5) is 5.69 Å². The lowest BCUT2D eigenvalue weighted by Crippen LogP contribution is -2.28. The van der Waals surface area contributed by atoms with Crippen LogP contribution in [0.25, 0.3) is 22.2 Å². The Hall–Kier alpha value is -4.11. The van der Waals surface area contributed by atoms with Crippen LogP contribution in [0.2, 0.25) is 0 Å². The molecular formula is C29H22N2O. The van der Waals surface area contributed by atoms with Crippen molar-refractivity contribution in [2.24, 2.45) is 0 Å². The van der Waals surface area contributed by atoms with Crippen LogP contribution in [0.15, 0.2) is 103 Å². The summed E-state index contributed by atoms with van der Waals surface area (Å²) < 4.78 is 0. The molecule has 0 bridgehead atoms. The zero-order valence-corrected chi connectivity index (χ0v) is 17.7. The summed E-state index contributed by atoms with van der Waals surface area (Å²) in [6, 6.07) is 34.7. The van der Waals surface area contributed by atoms with Gasteiger partial charge in [-0.25, -0.2) is 0 Å². The molecule has 5 aromatic rings. The molecule has 1 N–H and O–H groups in total. The average molecular weight is 415 g/mol. The molecule has 3 nitrogen and oxygen atoms in total. The van der Waals surface area contributed by atoms with E-state index in [4.69, 9.17) is 0 Å². The molecule has 1 atom stereocenters. The fourth-order valence-corrected chi connectivity index (χ4v) is 4.85. The fraction of sp³-hybridized carbons (Fsp3) is 0.0690. The SMILES string of the molecule is Cc1ccc(-c2[nH]c3ccccc3c2[C@H]2c3ccccc3C(=O)N2c2ccccc2)cc1. The van der Waals surface area contributed by atoms with Crippen molar-refractivity contribution < 1.29 is 4.79 Å². The number of benzene rings is 4. The summed E-state index contributed by atoms with van der Waals surface area (Å²) in [5.41, 5.74) is 8.31. The molecule has 0 spiro atoms. The highest BCUT2D eigenvalue weighted by Crippen LogP contribution is 2.47. The van der Waals surface area contributed by atoms with E-state index < -0.39 is 0 Å². The van der Waals surface area contributed by atoms with E-state index in [1.807, 2.05) is 59.5 Å².